The van der Waals surface area contributed by atoms with E-state index >= 15 is 0 Å². The lowest BCUT2D eigenvalue weighted by molar-refractivity contribution is -0.133. The van der Waals surface area contributed by atoms with Gasteiger partial charge in [-0.25, -0.2) is 9.59 Å². The van der Waals surface area contributed by atoms with Crippen LogP contribution in [0.5, 0.6) is 0 Å². The Morgan fingerprint density at radius 3 is 2.59 bits per heavy atom. The minimum absolute atomic E-state index is 0.303. The van der Waals surface area contributed by atoms with Crippen molar-refractivity contribution in [1.29, 1.82) is 0 Å². The third-order valence-electron chi connectivity index (χ3n) is 6.11. The van der Waals surface area contributed by atoms with Gasteiger partial charge in [0.05, 0.1) is 6.54 Å². The molecule has 2 fully saturated rings. The zero-order chi connectivity index (χ0) is 23.9. The summed E-state index contributed by atoms with van der Waals surface area (Å²) < 4.78 is 4.94. The molecule has 0 aliphatic carbocycles. The normalized spacial score (nSPS) is 20.0. The van der Waals surface area contributed by atoms with Crippen molar-refractivity contribution in [2.75, 3.05) is 29.9 Å². The number of anilines is 2. The van der Waals surface area contributed by atoms with Crippen molar-refractivity contribution in [3.63, 3.8) is 0 Å². The van der Waals surface area contributed by atoms with Gasteiger partial charge in [-0.3, -0.25) is 19.4 Å². The number of nitrogens with one attached hydrogen (secondary N) is 2. The number of ether oxygens (including phenoxy) is 1. The SMILES string of the molecule is CC1(c2ccc3ccccc3c2)NC(=O)N(CC(=O)Nc2cccc(N3CCOC3=O)c2)C1=O. The van der Waals surface area contributed by atoms with Crippen LogP contribution < -0.4 is 15.5 Å². The minimum Gasteiger partial charge on any atom is -0.447 e. The molecule has 1 atom stereocenters. The van der Waals surface area contributed by atoms with Crippen LogP contribution in [0.25, 0.3) is 10.8 Å². The van der Waals surface area contributed by atoms with Crippen LogP contribution in [-0.2, 0) is 19.9 Å². The van der Waals surface area contributed by atoms with Gasteiger partial charge in [-0.2, -0.15) is 0 Å². The van der Waals surface area contributed by atoms with E-state index in [0.717, 1.165) is 15.7 Å². The van der Waals surface area contributed by atoms with E-state index < -0.39 is 36.0 Å². The number of rotatable bonds is 5. The highest BCUT2D eigenvalue weighted by Gasteiger charge is 2.49. The number of fused-ring (bicyclic) bond motifs is 1. The Morgan fingerprint density at radius 1 is 1.03 bits per heavy atom. The van der Waals surface area contributed by atoms with Crippen LogP contribution in [0.3, 0.4) is 0 Å². The van der Waals surface area contributed by atoms with Crippen LogP contribution in [0.2, 0.25) is 0 Å². The highest BCUT2D eigenvalue weighted by atomic mass is 16.6. The third-order valence-corrected chi connectivity index (χ3v) is 6.11. The average molecular weight is 458 g/mol. The highest BCUT2D eigenvalue weighted by molar-refractivity contribution is 6.10. The number of carbonyl (C=O) groups is 4. The number of amides is 5. The number of carbonyl (C=O) groups excluding carboxylic acids is 4. The molecule has 2 heterocycles. The largest absolute Gasteiger partial charge is 0.447 e. The lowest BCUT2D eigenvalue weighted by Gasteiger charge is -2.22. The molecule has 0 spiro atoms. The monoisotopic (exact) mass is 458 g/mol. The second kappa shape index (κ2) is 8.18. The van der Waals surface area contributed by atoms with Crippen molar-refractivity contribution in [1.82, 2.24) is 10.2 Å². The summed E-state index contributed by atoms with van der Waals surface area (Å²) in [4.78, 5) is 52.7. The van der Waals surface area contributed by atoms with Gasteiger partial charge in [-0.15, -0.1) is 0 Å². The predicted octanol–water partition coefficient (Wildman–Crippen LogP) is 3.20. The first-order valence-electron chi connectivity index (χ1n) is 10.8. The van der Waals surface area contributed by atoms with E-state index in [1.165, 1.54) is 4.90 Å². The first kappa shape index (κ1) is 21.4. The van der Waals surface area contributed by atoms with Crippen LogP contribution in [0.4, 0.5) is 21.0 Å². The lowest BCUT2D eigenvalue weighted by Crippen LogP contribution is -2.42. The van der Waals surface area contributed by atoms with Gasteiger partial charge < -0.3 is 15.4 Å². The summed E-state index contributed by atoms with van der Waals surface area (Å²) in [5.74, 6) is -1.04. The summed E-state index contributed by atoms with van der Waals surface area (Å²) in [6.45, 7) is 1.92. The molecule has 2 N–H and O–H groups in total. The van der Waals surface area contributed by atoms with Gasteiger partial charge in [-0.05, 0) is 47.5 Å². The number of urea groups is 1. The van der Waals surface area contributed by atoms with Gasteiger partial charge in [0.25, 0.3) is 5.91 Å². The van der Waals surface area contributed by atoms with E-state index in [-0.39, 0.29) is 0 Å². The average Bonchev–Trinajstić information content (AvgIpc) is 3.35. The smallest absolute Gasteiger partial charge is 0.414 e. The summed E-state index contributed by atoms with van der Waals surface area (Å²) >= 11 is 0. The molecule has 1 unspecified atom stereocenters. The van der Waals surface area contributed by atoms with Crippen molar-refractivity contribution in [2.45, 2.75) is 12.5 Å². The summed E-state index contributed by atoms with van der Waals surface area (Å²) in [5.41, 5.74) is 0.376. The molecule has 2 saturated heterocycles. The molecule has 34 heavy (non-hydrogen) atoms. The molecule has 3 aromatic carbocycles. The number of benzene rings is 3. The molecule has 5 rings (SSSR count). The van der Waals surface area contributed by atoms with E-state index in [0.29, 0.717) is 30.1 Å². The summed E-state index contributed by atoms with van der Waals surface area (Å²) in [5, 5.41) is 7.39. The minimum atomic E-state index is -1.28. The van der Waals surface area contributed by atoms with Gasteiger partial charge >= 0.3 is 12.1 Å². The number of nitrogens with zero attached hydrogens (tertiary/aromatic N) is 2. The molecule has 3 aromatic rings. The Bertz CT molecular complexity index is 1340. The van der Waals surface area contributed by atoms with Crippen LogP contribution in [0, 0.1) is 0 Å². The topological polar surface area (TPSA) is 108 Å². The fourth-order valence-electron chi connectivity index (χ4n) is 4.26. The maximum Gasteiger partial charge on any atom is 0.414 e. The number of hydrogen-bond acceptors (Lipinski definition) is 5. The number of hydrogen-bond donors (Lipinski definition) is 2. The molecule has 0 radical (unpaired) electrons. The molecule has 0 saturated carbocycles. The van der Waals surface area contributed by atoms with Crippen LogP contribution >= 0.6 is 0 Å². The summed E-state index contributed by atoms with van der Waals surface area (Å²) in [7, 11) is 0. The maximum absolute atomic E-state index is 13.2. The second-order valence-corrected chi connectivity index (χ2v) is 8.37. The van der Waals surface area contributed by atoms with Crippen LogP contribution in [-0.4, -0.2) is 48.5 Å². The van der Waals surface area contributed by atoms with E-state index in [1.807, 2.05) is 36.4 Å². The van der Waals surface area contributed by atoms with Crippen LogP contribution in [0.1, 0.15) is 12.5 Å². The zero-order valence-corrected chi connectivity index (χ0v) is 18.4. The van der Waals surface area contributed by atoms with Gasteiger partial charge in [0.15, 0.2) is 0 Å². The van der Waals surface area contributed by atoms with E-state index in [9.17, 15) is 19.2 Å². The van der Waals surface area contributed by atoms with Crippen LogP contribution in [0.15, 0.2) is 66.7 Å². The molecule has 2 aliphatic heterocycles. The molecule has 9 heteroatoms. The second-order valence-electron chi connectivity index (χ2n) is 8.37. The molecular formula is C25H22N4O5. The maximum atomic E-state index is 13.2. The van der Waals surface area contributed by atoms with Crippen molar-refractivity contribution in [3.05, 3.63) is 72.3 Å². The van der Waals surface area contributed by atoms with E-state index in [1.54, 1.807) is 37.3 Å². The number of cyclic esters (lactones) is 1. The molecule has 0 bridgehead atoms. The molecular weight excluding hydrogens is 436 g/mol. The molecule has 0 aromatic heterocycles. The molecule has 172 valence electrons. The van der Waals surface area contributed by atoms with Gasteiger partial charge in [0.2, 0.25) is 5.91 Å². The Morgan fingerprint density at radius 2 is 1.82 bits per heavy atom. The van der Waals surface area contributed by atoms with Crippen molar-refractivity contribution < 1.29 is 23.9 Å². The van der Waals surface area contributed by atoms with Crippen molar-refractivity contribution in [2.24, 2.45) is 0 Å². The van der Waals surface area contributed by atoms with Crippen molar-refractivity contribution in [3.8, 4) is 0 Å². The summed E-state index contributed by atoms with van der Waals surface area (Å²) in [6.07, 6.45) is -0.448. The Kier molecular flexibility index (Phi) is 5.16. The summed E-state index contributed by atoms with van der Waals surface area (Å²) in [6, 6.07) is 19.4. The molecule has 2 aliphatic rings. The van der Waals surface area contributed by atoms with Gasteiger partial charge in [0.1, 0.15) is 18.7 Å². The fraction of sp³-hybridized carbons (Fsp3) is 0.200. The molecule has 9 nitrogen and oxygen atoms in total. The third kappa shape index (κ3) is 3.71. The quantitative estimate of drug-likeness (QED) is 0.571. The molecule has 5 amide bonds. The van der Waals surface area contributed by atoms with E-state index in [2.05, 4.69) is 10.6 Å². The van der Waals surface area contributed by atoms with Gasteiger partial charge in [-0.1, -0.05) is 42.5 Å². The first-order valence-corrected chi connectivity index (χ1v) is 10.8. The zero-order valence-electron chi connectivity index (χ0n) is 18.4. The number of imide groups is 1. The van der Waals surface area contributed by atoms with Gasteiger partial charge in [0, 0.05) is 11.4 Å². The predicted molar refractivity (Wildman–Crippen MR) is 125 cm³/mol. The lowest BCUT2D eigenvalue weighted by atomic mass is 9.90. The van der Waals surface area contributed by atoms with Crippen molar-refractivity contribution >= 4 is 46.1 Å². The standard InChI is InChI=1S/C25H22N4O5/c1-25(18-10-9-16-5-2-3-6-17(16)13-18)22(31)29(23(32)27-25)15-21(30)26-19-7-4-8-20(14-19)28-11-12-34-24(28)33/h2-10,13-14H,11-12,15H2,1H3,(H,26,30)(H,27,32). The highest BCUT2D eigenvalue weighted by Crippen LogP contribution is 2.31. The Balaban J connectivity index is 1.31. The Hall–Kier alpha value is -4.40. The Labute approximate surface area is 195 Å². The van der Waals surface area contributed by atoms with E-state index in [4.69, 9.17) is 4.74 Å². The fourth-order valence-corrected chi connectivity index (χ4v) is 4.26. The first-order chi connectivity index (χ1) is 16.3.